The quantitative estimate of drug-likeness (QED) is 0.658. The smallest absolute Gasteiger partial charge is 0.258 e. The highest BCUT2D eigenvalue weighted by atomic mass is 16.6. The first-order valence-corrected chi connectivity index (χ1v) is 6.43. The zero-order chi connectivity index (χ0) is 13.0. The van der Waals surface area contributed by atoms with Crippen LogP contribution in [0.3, 0.4) is 0 Å². The average molecular weight is 249 g/mol. The van der Waals surface area contributed by atoms with E-state index in [0.717, 1.165) is 18.7 Å². The molecule has 1 aromatic rings. The summed E-state index contributed by atoms with van der Waals surface area (Å²) >= 11 is 0. The molecule has 1 saturated heterocycles. The number of piperidine rings is 1. The zero-order valence-electron chi connectivity index (χ0n) is 10.6. The van der Waals surface area contributed by atoms with E-state index >= 15 is 0 Å². The molecule has 18 heavy (non-hydrogen) atoms. The maximum absolute atomic E-state index is 11.0. The predicted octanol–water partition coefficient (Wildman–Crippen LogP) is 2.65. The molecule has 0 amide bonds. The van der Waals surface area contributed by atoms with E-state index in [0.29, 0.717) is 0 Å². The Kier molecular flexibility index (Phi) is 4.28. The van der Waals surface area contributed by atoms with Crippen molar-refractivity contribution in [2.75, 3.05) is 13.1 Å². The summed E-state index contributed by atoms with van der Waals surface area (Å²) in [6.07, 6.45) is 3.66. The van der Waals surface area contributed by atoms with E-state index in [1.54, 1.807) is 12.1 Å². The summed E-state index contributed by atoms with van der Waals surface area (Å²) in [6, 6.07) is 6.89. The van der Waals surface area contributed by atoms with Crippen molar-refractivity contribution in [1.82, 2.24) is 10.4 Å². The van der Waals surface area contributed by atoms with Gasteiger partial charge in [0.05, 0.1) is 11.0 Å². The van der Waals surface area contributed by atoms with Crippen LogP contribution in [-0.2, 0) is 0 Å². The molecule has 0 spiro atoms. The average Bonchev–Trinajstić information content (AvgIpc) is 2.40. The van der Waals surface area contributed by atoms with E-state index in [1.807, 2.05) is 19.1 Å². The molecule has 0 saturated carbocycles. The summed E-state index contributed by atoms with van der Waals surface area (Å²) in [5, 5.41) is 13.2. The van der Waals surface area contributed by atoms with Crippen LogP contribution in [0.4, 0.5) is 5.69 Å². The molecule has 1 unspecified atom stereocenters. The molecular formula is C13H19N3O2. The maximum Gasteiger partial charge on any atom is 0.274 e. The first-order valence-electron chi connectivity index (χ1n) is 6.43. The minimum atomic E-state index is -0.316. The summed E-state index contributed by atoms with van der Waals surface area (Å²) in [4.78, 5) is 10.7. The lowest BCUT2D eigenvalue weighted by molar-refractivity contribution is -0.385. The second kappa shape index (κ2) is 5.93. The Morgan fingerprint density at radius 1 is 1.28 bits per heavy atom. The molecule has 0 aliphatic carbocycles. The lowest BCUT2D eigenvalue weighted by atomic mass is 10.1. The van der Waals surface area contributed by atoms with Crippen LogP contribution < -0.4 is 5.43 Å². The Bertz CT molecular complexity index is 416. The first-order chi connectivity index (χ1) is 8.68. The highest BCUT2D eigenvalue weighted by Crippen LogP contribution is 2.25. The molecule has 0 radical (unpaired) electrons. The SMILES string of the molecule is CC(NN1CCCCC1)c1ccccc1[N+](=O)[O-]. The van der Waals surface area contributed by atoms with E-state index in [1.165, 1.54) is 19.3 Å². The van der Waals surface area contributed by atoms with Crippen LogP contribution in [0.5, 0.6) is 0 Å². The summed E-state index contributed by atoms with van der Waals surface area (Å²) in [5.41, 5.74) is 4.29. The van der Waals surface area contributed by atoms with Gasteiger partial charge >= 0.3 is 0 Å². The van der Waals surface area contributed by atoms with Gasteiger partial charge in [0.15, 0.2) is 0 Å². The Labute approximate surface area is 107 Å². The molecule has 5 heteroatoms. The normalized spacial score (nSPS) is 18.5. The van der Waals surface area contributed by atoms with Gasteiger partial charge in [-0.05, 0) is 19.8 Å². The number of nitro benzene ring substituents is 1. The molecule has 0 bridgehead atoms. The Balaban J connectivity index is 2.08. The number of hydrogen-bond donors (Lipinski definition) is 1. The Morgan fingerprint density at radius 3 is 2.61 bits per heavy atom. The third-order valence-electron chi connectivity index (χ3n) is 3.33. The number of hydrogen-bond acceptors (Lipinski definition) is 4. The fraction of sp³-hybridized carbons (Fsp3) is 0.538. The van der Waals surface area contributed by atoms with Crippen LogP contribution in [0, 0.1) is 10.1 Å². The Morgan fingerprint density at radius 2 is 1.94 bits per heavy atom. The number of rotatable bonds is 4. The molecule has 1 heterocycles. The molecule has 1 fully saturated rings. The van der Waals surface area contributed by atoms with Crippen LogP contribution in [0.2, 0.25) is 0 Å². The second-order valence-corrected chi connectivity index (χ2v) is 4.71. The predicted molar refractivity (Wildman–Crippen MR) is 70.1 cm³/mol. The lowest BCUT2D eigenvalue weighted by Crippen LogP contribution is -2.42. The second-order valence-electron chi connectivity index (χ2n) is 4.71. The fourth-order valence-corrected chi connectivity index (χ4v) is 2.39. The van der Waals surface area contributed by atoms with E-state index in [-0.39, 0.29) is 16.7 Å². The van der Waals surface area contributed by atoms with Gasteiger partial charge in [0, 0.05) is 24.7 Å². The van der Waals surface area contributed by atoms with Gasteiger partial charge in [-0.1, -0.05) is 24.6 Å². The van der Waals surface area contributed by atoms with Crippen molar-refractivity contribution in [2.45, 2.75) is 32.2 Å². The topological polar surface area (TPSA) is 58.4 Å². The molecule has 1 atom stereocenters. The molecule has 1 aliphatic rings. The summed E-state index contributed by atoms with van der Waals surface area (Å²) < 4.78 is 0. The molecule has 5 nitrogen and oxygen atoms in total. The lowest BCUT2D eigenvalue weighted by Gasteiger charge is -2.30. The zero-order valence-corrected chi connectivity index (χ0v) is 10.6. The third kappa shape index (κ3) is 3.05. The van der Waals surface area contributed by atoms with Gasteiger partial charge in [-0.3, -0.25) is 10.1 Å². The highest BCUT2D eigenvalue weighted by molar-refractivity contribution is 5.41. The van der Waals surface area contributed by atoms with E-state index in [9.17, 15) is 10.1 Å². The fourth-order valence-electron chi connectivity index (χ4n) is 2.39. The van der Waals surface area contributed by atoms with Crippen LogP contribution in [0.15, 0.2) is 24.3 Å². The monoisotopic (exact) mass is 249 g/mol. The number of nitro groups is 1. The highest BCUT2D eigenvalue weighted by Gasteiger charge is 2.20. The number of para-hydroxylation sites is 1. The summed E-state index contributed by atoms with van der Waals surface area (Å²) in [7, 11) is 0. The van der Waals surface area contributed by atoms with Gasteiger partial charge in [0.1, 0.15) is 0 Å². The summed E-state index contributed by atoms with van der Waals surface area (Å²) in [5.74, 6) is 0. The van der Waals surface area contributed by atoms with Gasteiger partial charge in [-0.2, -0.15) is 0 Å². The first kappa shape index (κ1) is 13.0. The van der Waals surface area contributed by atoms with Crippen molar-refractivity contribution < 1.29 is 4.92 Å². The van der Waals surface area contributed by atoms with Crippen molar-refractivity contribution in [3.05, 3.63) is 39.9 Å². The van der Waals surface area contributed by atoms with Gasteiger partial charge in [-0.25, -0.2) is 10.4 Å². The Hall–Kier alpha value is -1.46. The molecule has 2 rings (SSSR count). The van der Waals surface area contributed by atoms with Crippen LogP contribution in [0.1, 0.15) is 37.8 Å². The number of hydrazine groups is 1. The van der Waals surface area contributed by atoms with Crippen molar-refractivity contribution >= 4 is 5.69 Å². The number of nitrogens with zero attached hydrogens (tertiary/aromatic N) is 2. The van der Waals surface area contributed by atoms with Crippen molar-refractivity contribution in [1.29, 1.82) is 0 Å². The number of benzene rings is 1. The van der Waals surface area contributed by atoms with Gasteiger partial charge in [0.25, 0.3) is 5.69 Å². The van der Waals surface area contributed by atoms with E-state index in [2.05, 4.69) is 10.4 Å². The number of nitrogens with one attached hydrogen (secondary N) is 1. The largest absolute Gasteiger partial charge is 0.274 e. The summed E-state index contributed by atoms with van der Waals surface area (Å²) in [6.45, 7) is 4.01. The third-order valence-corrected chi connectivity index (χ3v) is 3.33. The molecule has 98 valence electrons. The van der Waals surface area contributed by atoms with Crippen LogP contribution in [-0.4, -0.2) is 23.0 Å². The van der Waals surface area contributed by atoms with Gasteiger partial charge < -0.3 is 0 Å². The van der Waals surface area contributed by atoms with Gasteiger partial charge in [-0.15, -0.1) is 0 Å². The molecule has 1 N–H and O–H groups in total. The maximum atomic E-state index is 11.0. The molecule has 1 aliphatic heterocycles. The van der Waals surface area contributed by atoms with E-state index < -0.39 is 0 Å². The molecule has 0 aromatic heterocycles. The van der Waals surface area contributed by atoms with E-state index in [4.69, 9.17) is 0 Å². The standard InChI is InChI=1S/C13H19N3O2/c1-11(14-15-9-5-2-6-10-15)12-7-3-4-8-13(12)16(17)18/h3-4,7-8,11,14H,2,5-6,9-10H2,1H3. The van der Waals surface area contributed by atoms with Crippen LogP contribution in [0.25, 0.3) is 0 Å². The van der Waals surface area contributed by atoms with Crippen molar-refractivity contribution in [3.8, 4) is 0 Å². The minimum absolute atomic E-state index is 0.0373. The van der Waals surface area contributed by atoms with Gasteiger partial charge in [0.2, 0.25) is 0 Å². The minimum Gasteiger partial charge on any atom is -0.258 e. The van der Waals surface area contributed by atoms with Crippen molar-refractivity contribution in [3.63, 3.8) is 0 Å². The molecular weight excluding hydrogens is 230 g/mol. The molecule has 1 aromatic carbocycles. The van der Waals surface area contributed by atoms with Crippen LogP contribution >= 0.6 is 0 Å². The van der Waals surface area contributed by atoms with Crippen molar-refractivity contribution in [2.24, 2.45) is 0 Å².